The highest BCUT2D eigenvalue weighted by atomic mass is 16.5. The minimum atomic E-state index is -0.259. The van der Waals surface area contributed by atoms with Gasteiger partial charge < -0.3 is 19.4 Å². The highest BCUT2D eigenvalue weighted by Crippen LogP contribution is 2.37. The zero-order valence-corrected chi connectivity index (χ0v) is 20.7. The normalized spacial score (nSPS) is 19.0. The molecule has 34 heavy (non-hydrogen) atoms. The Balaban J connectivity index is 1.35. The van der Waals surface area contributed by atoms with E-state index in [4.69, 9.17) is 9.15 Å². The van der Waals surface area contributed by atoms with Crippen LogP contribution in [0.5, 0.6) is 5.75 Å². The number of carbonyl (C=O) groups excluding carboxylic acids is 2. The van der Waals surface area contributed by atoms with Gasteiger partial charge in [0.05, 0.1) is 5.69 Å². The highest BCUT2D eigenvalue weighted by molar-refractivity contribution is 5.98. The predicted molar refractivity (Wildman–Crippen MR) is 130 cm³/mol. The molecule has 3 heterocycles. The van der Waals surface area contributed by atoms with Crippen LogP contribution in [-0.4, -0.2) is 54.0 Å². The first kappa shape index (κ1) is 24.3. The van der Waals surface area contributed by atoms with E-state index >= 15 is 0 Å². The summed E-state index contributed by atoms with van der Waals surface area (Å²) in [4.78, 5) is 33.6. The summed E-state index contributed by atoms with van der Waals surface area (Å²) >= 11 is 0. The third-order valence-electron chi connectivity index (χ3n) is 6.69. The summed E-state index contributed by atoms with van der Waals surface area (Å²) in [7, 11) is 0. The quantitative estimate of drug-likeness (QED) is 0.621. The second kappa shape index (κ2) is 10.2. The molecule has 2 aromatic rings. The minimum absolute atomic E-state index is 0.0362. The third-order valence-corrected chi connectivity index (χ3v) is 6.69. The van der Waals surface area contributed by atoms with E-state index in [9.17, 15) is 9.59 Å². The third kappa shape index (κ3) is 5.60. The molecule has 0 radical (unpaired) electrons. The van der Waals surface area contributed by atoms with Gasteiger partial charge in [-0.25, -0.2) is 4.98 Å². The number of aromatic nitrogens is 1. The van der Waals surface area contributed by atoms with Gasteiger partial charge in [-0.2, -0.15) is 0 Å². The molecular weight excluding hydrogens is 432 g/mol. The Labute approximate surface area is 201 Å². The lowest BCUT2D eigenvalue weighted by Gasteiger charge is -2.33. The summed E-state index contributed by atoms with van der Waals surface area (Å²) in [6, 6.07) is 6.52. The van der Waals surface area contributed by atoms with Crippen LogP contribution in [-0.2, 0) is 16.8 Å². The van der Waals surface area contributed by atoms with Gasteiger partial charge in [0.1, 0.15) is 18.6 Å². The molecule has 0 spiro atoms. The fourth-order valence-electron chi connectivity index (χ4n) is 4.53. The summed E-state index contributed by atoms with van der Waals surface area (Å²) in [6.45, 7) is 11.5. The summed E-state index contributed by atoms with van der Waals surface area (Å²) in [5.74, 6) is 0.537. The van der Waals surface area contributed by atoms with Gasteiger partial charge in [0.25, 0.3) is 11.8 Å². The van der Waals surface area contributed by atoms with Crippen LogP contribution in [0.4, 0.5) is 5.69 Å². The summed E-state index contributed by atoms with van der Waals surface area (Å²) < 4.78 is 11.2. The lowest BCUT2D eigenvalue weighted by molar-refractivity contribution is -0.121. The SMILES string of the molecule is CC1CCCCN1CCCNC(=O)c1coc(CN2C(=O)COc3ccc(C(C)(C)C)cc32)n1. The molecule has 0 bridgehead atoms. The number of anilines is 1. The van der Waals surface area contributed by atoms with E-state index in [1.807, 2.05) is 18.2 Å². The van der Waals surface area contributed by atoms with Crippen LogP contribution in [0.1, 0.15) is 75.3 Å². The van der Waals surface area contributed by atoms with Gasteiger partial charge in [-0.1, -0.05) is 33.3 Å². The van der Waals surface area contributed by atoms with E-state index in [0.29, 0.717) is 29.9 Å². The molecule has 8 nitrogen and oxygen atoms in total. The maximum Gasteiger partial charge on any atom is 0.273 e. The maximum absolute atomic E-state index is 12.6. The lowest BCUT2D eigenvalue weighted by Crippen LogP contribution is -2.39. The van der Waals surface area contributed by atoms with Crippen molar-refractivity contribution >= 4 is 17.5 Å². The molecule has 1 aromatic carbocycles. The zero-order chi connectivity index (χ0) is 24.3. The van der Waals surface area contributed by atoms with Gasteiger partial charge in [-0.05, 0) is 55.8 Å². The molecule has 0 saturated carbocycles. The first-order chi connectivity index (χ1) is 16.2. The molecule has 1 N–H and O–H groups in total. The van der Waals surface area contributed by atoms with Crippen molar-refractivity contribution < 1.29 is 18.7 Å². The molecule has 1 unspecified atom stereocenters. The van der Waals surface area contributed by atoms with Gasteiger partial charge in [-0.3, -0.25) is 14.5 Å². The second-order valence-corrected chi connectivity index (χ2v) is 10.3. The number of nitrogens with one attached hydrogen (secondary N) is 1. The van der Waals surface area contributed by atoms with Crippen molar-refractivity contribution in [2.24, 2.45) is 0 Å². The van der Waals surface area contributed by atoms with Crippen molar-refractivity contribution in [3.05, 3.63) is 41.6 Å². The summed E-state index contributed by atoms with van der Waals surface area (Å²) in [5.41, 5.74) is 1.95. The lowest BCUT2D eigenvalue weighted by atomic mass is 9.86. The Hall–Kier alpha value is -2.87. The Bertz CT molecular complexity index is 1030. The van der Waals surface area contributed by atoms with Crippen LogP contribution in [0.25, 0.3) is 0 Å². The number of hydrogen-bond acceptors (Lipinski definition) is 6. The topological polar surface area (TPSA) is 87.9 Å². The molecule has 1 saturated heterocycles. The van der Waals surface area contributed by atoms with Crippen molar-refractivity contribution in [2.75, 3.05) is 31.1 Å². The number of piperidine rings is 1. The Morgan fingerprint density at radius 2 is 2.09 bits per heavy atom. The van der Waals surface area contributed by atoms with Gasteiger partial charge >= 0.3 is 0 Å². The highest BCUT2D eigenvalue weighted by Gasteiger charge is 2.29. The second-order valence-electron chi connectivity index (χ2n) is 10.3. The number of amides is 2. The Morgan fingerprint density at radius 3 is 2.85 bits per heavy atom. The van der Waals surface area contributed by atoms with E-state index in [1.165, 1.54) is 25.5 Å². The predicted octanol–water partition coefficient (Wildman–Crippen LogP) is 3.89. The smallest absolute Gasteiger partial charge is 0.273 e. The number of oxazole rings is 1. The molecule has 184 valence electrons. The first-order valence-electron chi connectivity index (χ1n) is 12.3. The molecule has 4 rings (SSSR count). The molecular formula is C26H36N4O4. The molecule has 2 aliphatic heterocycles. The fourth-order valence-corrected chi connectivity index (χ4v) is 4.53. The van der Waals surface area contributed by atoms with Crippen LogP contribution in [0.2, 0.25) is 0 Å². The molecule has 2 amide bonds. The number of carbonyl (C=O) groups is 2. The van der Waals surface area contributed by atoms with E-state index in [-0.39, 0.29) is 36.1 Å². The van der Waals surface area contributed by atoms with Gasteiger partial charge in [0.2, 0.25) is 5.89 Å². The van der Waals surface area contributed by atoms with Crippen molar-refractivity contribution in [3.63, 3.8) is 0 Å². The molecule has 2 aliphatic rings. The first-order valence-corrected chi connectivity index (χ1v) is 12.3. The van der Waals surface area contributed by atoms with Crippen LogP contribution >= 0.6 is 0 Å². The van der Waals surface area contributed by atoms with Gasteiger partial charge in [-0.15, -0.1) is 0 Å². The number of fused-ring (bicyclic) bond motifs is 1. The minimum Gasteiger partial charge on any atom is -0.482 e. The van der Waals surface area contributed by atoms with Gasteiger partial charge in [0.15, 0.2) is 12.3 Å². The van der Waals surface area contributed by atoms with Crippen LogP contribution in [0.15, 0.2) is 28.9 Å². The van der Waals surface area contributed by atoms with Crippen molar-refractivity contribution in [3.8, 4) is 5.75 Å². The number of rotatable bonds is 7. The molecule has 1 fully saturated rings. The average Bonchev–Trinajstić information content (AvgIpc) is 3.27. The number of nitrogens with zero attached hydrogens (tertiary/aromatic N) is 3. The van der Waals surface area contributed by atoms with E-state index < -0.39 is 0 Å². The van der Waals surface area contributed by atoms with Crippen molar-refractivity contribution in [2.45, 2.75) is 71.4 Å². The van der Waals surface area contributed by atoms with E-state index in [0.717, 1.165) is 25.1 Å². The standard InChI is InChI=1S/C26H36N4O4/c1-18-8-5-6-12-29(18)13-7-11-27-25(32)20-16-34-23(28-20)15-30-21-14-19(26(2,3)4)9-10-22(21)33-17-24(30)31/h9-10,14,16,18H,5-8,11-13,15,17H2,1-4H3,(H,27,32). The Morgan fingerprint density at radius 1 is 1.26 bits per heavy atom. The number of benzene rings is 1. The monoisotopic (exact) mass is 468 g/mol. The van der Waals surface area contributed by atoms with Gasteiger partial charge in [0, 0.05) is 19.1 Å². The Kier molecular flexibility index (Phi) is 7.26. The van der Waals surface area contributed by atoms with Crippen LogP contribution in [0, 0.1) is 0 Å². The number of likely N-dealkylation sites (tertiary alicyclic amines) is 1. The summed E-state index contributed by atoms with van der Waals surface area (Å²) in [5, 5.41) is 2.93. The zero-order valence-electron chi connectivity index (χ0n) is 20.7. The molecule has 0 aliphatic carbocycles. The number of ether oxygens (including phenoxy) is 1. The molecule has 8 heteroatoms. The van der Waals surface area contributed by atoms with Crippen LogP contribution in [0.3, 0.4) is 0 Å². The number of hydrogen-bond donors (Lipinski definition) is 1. The fraction of sp³-hybridized carbons (Fsp3) is 0.577. The average molecular weight is 469 g/mol. The molecule has 1 aromatic heterocycles. The maximum atomic E-state index is 12.6. The van der Waals surface area contributed by atoms with E-state index in [1.54, 1.807) is 4.90 Å². The largest absolute Gasteiger partial charge is 0.482 e. The molecule has 1 atom stereocenters. The van der Waals surface area contributed by atoms with Crippen molar-refractivity contribution in [1.82, 2.24) is 15.2 Å². The summed E-state index contributed by atoms with van der Waals surface area (Å²) in [6.07, 6.45) is 6.07. The van der Waals surface area contributed by atoms with Crippen LogP contribution < -0.4 is 15.0 Å². The van der Waals surface area contributed by atoms with Crippen molar-refractivity contribution in [1.29, 1.82) is 0 Å². The van der Waals surface area contributed by atoms with E-state index in [2.05, 4.69) is 42.9 Å².